The molecule has 0 saturated heterocycles. The summed E-state index contributed by atoms with van der Waals surface area (Å²) in [6.45, 7) is 7.26. The van der Waals surface area contributed by atoms with Crippen LogP contribution in [0.3, 0.4) is 0 Å². The summed E-state index contributed by atoms with van der Waals surface area (Å²) in [6, 6.07) is 21.4. The molecule has 1 aliphatic rings. The van der Waals surface area contributed by atoms with E-state index in [1.54, 1.807) is 0 Å². The van der Waals surface area contributed by atoms with Crippen molar-refractivity contribution in [3.8, 4) is 22.6 Å². The van der Waals surface area contributed by atoms with Gasteiger partial charge in [-0.3, -0.25) is 4.79 Å². The number of benzene rings is 3. The zero-order valence-electron chi connectivity index (χ0n) is 28.4. The molecular formula is C41H54O5. The van der Waals surface area contributed by atoms with Gasteiger partial charge in [0.2, 0.25) is 0 Å². The second-order valence-corrected chi connectivity index (χ2v) is 12.8. The van der Waals surface area contributed by atoms with Crippen LogP contribution in [-0.4, -0.2) is 24.6 Å². The van der Waals surface area contributed by atoms with E-state index in [2.05, 4.69) is 32.9 Å². The van der Waals surface area contributed by atoms with Gasteiger partial charge in [0, 0.05) is 0 Å². The van der Waals surface area contributed by atoms with E-state index >= 15 is 0 Å². The average molecular weight is 627 g/mol. The summed E-state index contributed by atoms with van der Waals surface area (Å²) in [4.78, 5) is 25.8. The lowest BCUT2D eigenvalue weighted by molar-refractivity contribution is -0.155. The SMILES string of the molecule is CCCCCCCCCCOc1ccc(-c2ccc(C(=O)Oc3ccc4c(c3)CCC(C(=O)OC(CCC)CCC)C4)cc2)cc1. The number of aryl methyl sites for hydroxylation is 1. The van der Waals surface area contributed by atoms with Crippen molar-refractivity contribution >= 4 is 11.9 Å². The molecule has 0 spiro atoms. The Labute approximate surface area is 277 Å². The zero-order valence-corrected chi connectivity index (χ0v) is 28.4. The van der Waals surface area contributed by atoms with Crippen LogP contribution in [0.25, 0.3) is 11.1 Å². The van der Waals surface area contributed by atoms with E-state index < -0.39 is 0 Å². The normalized spacial score (nSPS) is 14.1. The third-order valence-electron chi connectivity index (χ3n) is 9.03. The summed E-state index contributed by atoms with van der Waals surface area (Å²) in [5.41, 5.74) is 4.87. The van der Waals surface area contributed by atoms with Gasteiger partial charge >= 0.3 is 11.9 Å². The summed E-state index contributed by atoms with van der Waals surface area (Å²) in [7, 11) is 0. The molecule has 46 heavy (non-hydrogen) atoms. The fourth-order valence-corrected chi connectivity index (χ4v) is 6.30. The molecule has 0 saturated carbocycles. The summed E-state index contributed by atoms with van der Waals surface area (Å²) in [5.74, 6) is 0.850. The third kappa shape index (κ3) is 11.0. The first-order valence-corrected chi connectivity index (χ1v) is 17.9. The molecule has 5 heteroatoms. The minimum atomic E-state index is -0.383. The first-order valence-electron chi connectivity index (χ1n) is 17.9. The lowest BCUT2D eigenvalue weighted by atomic mass is 9.84. The predicted octanol–water partition coefficient (Wildman–Crippen LogP) is 10.7. The zero-order chi connectivity index (χ0) is 32.6. The van der Waals surface area contributed by atoms with Crippen LogP contribution in [0.5, 0.6) is 11.5 Å². The van der Waals surface area contributed by atoms with E-state index in [0.29, 0.717) is 17.7 Å². The maximum atomic E-state index is 13.0. The molecule has 0 aliphatic heterocycles. The second-order valence-electron chi connectivity index (χ2n) is 12.8. The van der Waals surface area contributed by atoms with E-state index in [0.717, 1.165) is 79.6 Å². The number of carbonyl (C=O) groups excluding carboxylic acids is 2. The van der Waals surface area contributed by atoms with Gasteiger partial charge in [0.1, 0.15) is 17.6 Å². The van der Waals surface area contributed by atoms with Crippen molar-refractivity contribution in [1.82, 2.24) is 0 Å². The van der Waals surface area contributed by atoms with Crippen molar-refractivity contribution in [2.24, 2.45) is 5.92 Å². The van der Waals surface area contributed by atoms with Crippen molar-refractivity contribution < 1.29 is 23.8 Å². The molecule has 0 radical (unpaired) electrons. The molecule has 3 aromatic rings. The molecule has 1 atom stereocenters. The molecular weight excluding hydrogens is 572 g/mol. The molecule has 0 bridgehead atoms. The standard InChI is InChI=1S/C41H54O5/c1-4-7-8-9-10-11-12-13-28-44-37-25-22-32(23-26-37)31-16-18-33(19-17-31)40(42)46-39-27-24-34-29-36(21-20-35(34)30-39)41(43)45-38(14-5-2)15-6-3/h16-19,22-27,30,36,38H,4-15,20-21,28-29H2,1-3H3. The number of fused-ring (bicyclic) bond motifs is 1. The molecule has 1 unspecified atom stereocenters. The Morgan fingerprint density at radius 2 is 1.30 bits per heavy atom. The highest BCUT2D eigenvalue weighted by Gasteiger charge is 2.28. The third-order valence-corrected chi connectivity index (χ3v) is 9.03. The number of esters is 2. The largest absolute Gasteiger partial charge is 0.494 e. The molecule has 0 amide bonds. The van der Waals surface area contributed by atoms with Crippen molar-refractivity contribution in [2.45, 2.75) is 123 Å². The van der Waals surface area contributed by atoms with Crippen LogP contribution in [0.4, 0.5) is 0 Å². The van der Waals surface area contributed by atoms with Crippen LogP contribution in [0, 0.1) is 5.92 Å². The van der Waals surface area contributed by atoms with Gasteiger partial charge in [0.15, 0.2) is 0 Å². The summed E-state index contributed by atoms with van der Waals surface area (Å²) >= 11 is 0. The molecule has 248 valence electrons. The molecule has 5 nitrogen and oxygen atoms in total. The molecule has 3 aromatic carbocycles. The number of ether oxygens (including phenoxy) is 3. The Kier molecular flexibility index (Phi) is 14.7. The van der Waals surface area contributed by atoms with Crippen molar-refractivity contribution in [1.29, 1.82) is 0 Å². The maximum Gasteiger partial charge on any atom is 0.343 e. The van der Waals surface area contributed by atoms with Crippen LogP contribution in [-0.2, 0) is 22.4 Å². The van der Waals surface area contributed by atoms with E-state index in [9.17, 15) is 9.59 Å². The summed E-state index contributed by atoms with van der Waals surface area (Å²) in [5, 5.41) is 0. The van der Waals surface area contributed by atoms with Gasteiger partial charge in [0.05, 0.1) is 18.1 Å². The second kappa shape index (κ2) is 19.2. The van der Waals surface area contributed by atoms with Crippen LogP contribution in [0.15, 0.2) is 66.7 Å². The Bertz CT molecular complexity index is 1340. The average Bonchev–Trinajstić information content (AvgIpc) is 3.08. The number of hydrogen-bond acceptors (Lipinski definition) is 5. The van der Waals surface area contributed by atoms with Crippen LogP contribution in [0.1, 0.15) is 126 Å². The monoisotopic (exact) mass is 626 g/mol. The van der Waals surface area contributed by atoms with Gasteiger partial charge in [-0.2, -0.15) is 0 Å². The van der Waals surface area contributed by atoms with Gasteiger partial charge in [-0.15, -0.1) is 0 Å². The first kappa shape index (κ1) is 35.3. The van der Waals surface area contributed by atoms with Crippen LogP contribution in [0.2, 0.25) is 0 Å². The molecule has 0 N–H and O–H groups in total. The van der Waals surface area contributed by atoms with Gasteiger partial charge in [-0.25, -0.2) is 4.79 Å². The minimum absolute atomic E-state index is 0.0223. The van der Waals surface area contributed by atoms with Crippen molar-refractivity contribution in [2.75, 3.05) is 6.61 Å². The lowest BCUT2D eigenvalue weighted by Crippen LogP contribution is -2.28. The first-order chi connectivity index (χ1) is 22.5. The van der Waals surface area contributed by atoms with E-state index in [1.807, 2.05) is 54.6 Å². The molecule has 1 aliphatic carbocycles. The predicted molar refractivity (Wildman–Crippen MR) is 187 cm³/mol. The topological polar surface area (TPSA) is 61.8 Å². The highest BCUT2D eigenvalue weighted by atomic mass is 16.5. The highest BCUT2D eigenvalue weighted by molar-refractivity contribution is 5.91. The number of unbranched alkanes of at least 4 members (excludes halogenated alkanes) is 7. The summed E-state index contributed by atoms with van der Waals surface area (Å²) < 4.78 is 17.6. The molecule has 0 heterocycles. The van der Waals surface area contributed by atoms with Crippen molar-refractivity contribution in [3.63, 3.8) is 0 Å². The van der Waals surface area contributed by atoms with Crippen LogP contribution < -0.4 is 9.47 Å². The number of rotatable bonds is 19. The quantitative estimate of drug-likeness (QED) is 0.0752. The Hall–Kier alpha value is -3.60. The molecule has 4 rings (SSSR count). The Morgan fingerprint density at radius 3 is 1.96 bits per heavy atom. The van der Waals surface area contributed by atoms with Gasteiger partial charge < -0.3 is 14.2 Å². The van der Waals surface area contributed by atoms with Gasteiger partial charge in [-0.05, 0) is 97.2 Å². The lowest BCUT2D eigenvalue weighted by Gasteiger charge is -2.26. The van der Waals surface area contributed by atoms with Crippen LogP contribution >= 0.6 is 0 Å². The van der Waals surface area contributed by atoms with E-state index in [-0.39, 0.29) is 24.0 Å². The van der Waals surface area contributed by atoms with E-state index in [4.69, 9.17) is 14.2 Å². The molecule has 0 aromatic heterocycles. The number of carbonyl (C=O) groups is 2. The minimum Gasteiger partial charge on any atom is -0.494 e. The maximum absolute atomic E-state index is 13.0. The summed E-state index contributed by atoms with van der Waals surface area (Å²) in [6.07, 6.45) is 16.4. The van der Waals surface area contributed by atoms with Gasteiger partial charge in [-0.1, -0.05) is 109 Å². The fourth-order valence-electron chi connectivity index (χ4n) is 6.30. The Morgan fingerprint density at radius 1 is 0.696 bits per heavy atom. The number of hydrogen-bond donors (Lipinski definition) is 0. The van der Waals surface area contributed by atoms with Crippen molar-refractivity contribution in [3.05, 3.63) is 83.4 Å². The molecule has 0 fully saturated rings. The van der Waals surface area contributed by atoms with Gasteiger partial charge in [0.25, 0.3) is 0 Å². The van der Waals surface area contributed by atoms with E-state index in [1.165, 1.54) is 44.9 Å². The fraction of sp³-hybridized carbons (Fsp3) is 0.512. The Balaban J connectivity index is 1.22. The highest BCUT2D eigenvalue weighted by Crippen LogP contribution is 2.31. The smallest absolute Gasteiger partial charge is 0.343 e.